The lowest BCUT2D eigenvalue weighted by Crippen LogP contribution is -2.38. The third kappa shape index (κ3) is 5.51. The van der Waals surface area contributed by atoms with E-state index in [2.05, 4.69) is 21.8 Å². The van der Waals surface area contributed by atoms with Crippen molar-refractivity contribution < 1.29 is 13.2 Å². The minimum absolute atomic E-state index is 0.0114. The molecule has 0 bridgehead atoms. The summed E-state index contributed by atoms with van der Waals surface area (Å²) >= 11 is 8.46. The molecular weight excluding hydrogens is 500 g/mol. The molecule has 1 fully saturated rings. The maximum Gasteiger partial charge on any atom is 0.263 e. The first-order valence-electron chi connectivity index (χ1n) is 10.4. The van der Waals surface area contributed by atoms with Crippen LogP contribution in [0.25, 0.3) is 10.6 Å². The molecule has 1 aliphatic rings. The molecule has 2 aromatic carbocycles. The Labute approximate surface area is 206 Å². The van der Waals surface area contributed by atoms with Crippen LogP contribution in [0.1, 0.15) is 30.1 Å². The highest BCUT2D eigenvalue weighted by Gasteiger charge is 2.26. The Balaban J connectivity index is 1.57. The molecule has 7 nitrogen and oxygen atoms in total. The molecule has 33 heavy (non-hydrogen) atoms. The Bertz CT molecular complexity index is 1250. The van der Waals surface area contributed by atoms with Gasteiger partial charge in [-0.1, -0.05) is 42.0 Å². The van der Waals surface area contributed by atoms with E-state index < -0.39 is 10.0 Å². The number of piperidine rings is 1. The number of halogens is 1. The number of hydrogen-bond donors (Lipinski definition) is 1. The molecule has 1 aliphatic heterocycles. The van der Waals surface area contributed by atoms with Gasteiger partial charge in [0.1, 0.15) is 5.01 Å². The number of aromatic nitrogens is 2. The van der Waals surface area contributed by atoms with Gasteiger partial charge < -0.3 is 4.90 Å². The second kappa shape index (κ2) is 10.0. The normalized spacial score (nSPS) is 14.9. The lowest BCUT2D eigenvalue weighted by molar-refractivity contribution is 0.0693. The van der Waals surface area contributed by atoms with E-state index in [-0.39, 0.29) is 15.9 Å². The Kier molecular flexibility index (Phi) is 7.28. The molecule has 0 radical (unpaired) electrons. The SMILES string of the molecule is CSc1ccc(S(=O)(=O)Nc2nnc(-c3ccc(Cl)cc3)s2)cc1C(=O)N1CCC(C)CC1. The smallest absolute Gasteiger partial charge is 0.263 e. The highest BCUT2D eigenvalue weighted by Crippen LogP contribution is 2.30. The quantitative estimate of drug-likeness (QED) is 0.444. The molecule has 4 rings (SSSR count). The predicted octanol–water partition coefficient (Wildman–Crippen LogP) is 5.25. The van der Waals surface area contributed by atoms with Crippen LogP contribution in [0.2, 0.25) is 5.02 Å². The summed E-state index contributed by atoms with van der Waals surface area (Å²) in [7, 11) is -3.95. The van der Waals surface area contributed by atoms with E-state index in [9.17, 15) is 13.2 Å². The van der Waals surface area contributed by atoms with E-state index >= 15 is 0 Å². The molecule has 2 heterocycles. The monoisotopic (exact) mass is 522 g/mol. The number of thioether (sulfide) groups is 1. The first-order valence-corrected chi connectivity index (χ1v) is 14.3. The fourth-order valence-electron chi connectivity index (χ4n) is 3.55. The van der Waals surface area contributed by atoms with Gasteiger partial charge in [0, 0.05) is 28.6 Å². The van der Waals surface area contributed by atoms with E-state index in [4.69, 9.17) is 11.6 Å². The van der Waals surface area contributed by atoms with E-state index in [0.717, 1.165) is 34.6 Å². The second-order valence-electron chi connectivity index (χ2n) is 7.86. The van der Waals surface area contributed by atoms with Crippen molar-refractivity contribution in [2.24, 2.45) is 5.92 Å². The lowest BCUT2D eigenvalue weighted by atomic mass is 9.98. The summed E-state index contributed by atoms with van der Waals surface area (Å²) in [6.07, 6.45) is 3.77. The third-order valence-electron chi connectivity index (χ3n) is 5.52. The number of sulfonamides is 1. The molecule has 11 heteroatoms. The molecule has 0 atom stereocenters. The summed E-state index contributed by atoms with van der Waals surface area (Å²) in [4.78, 5) is 15.7. The number of rotatable bonds is 6. The highest BCUT2D eigenvalue weighted by molar-refractivity contribution is 7.98. The zero-order valence-electron chi connectivity index (χ0n) is 18.1. The highest BCUT2D eigenvalue weighted by atomic mass is 35.5. The molecule has 1 N–H and O–H groups in total. The first kappa shape index (κ1) is 24.0. The van der Waals surface area contributed by atoms with Crippen LogP contribution < -0.4 is 4.72 Å². The van der Waals surface area contributed by atoms with Gasteiger partial charge in [-0.2, -0.15) is 0 Å². The van der Waals surface area contributed by atoms with E-state index in [1.54, 1.807) is 30.3 Å². The van der Waals surface area contributed by atoms with Crippen molar-refractivity contribution in [1.82, 2.24) is 15.1 Å². The molecule has 1 amide bonds. The van der Waals surface area contributed by atoms with Gasteiger partial charge in [-0.25, -0.2) is 8.42 Å². The average molecular weight is 523 g/mol. The molecule has 1 aromatic heterocycles. The van der Waals surface area contributed by atoms with Crippen LogP contribution in [0.4, 0.5) is 5.13 Å². The maximum atomic E-state index is 13.2. The zero-order valence-corrected chi connectivity index (χ0v) is 21.3. The number of anilines is 1. The van der Waals surface area contributed by atoms with Crippen molar-refractivity contribution in [3.8, 4) is 10.6 Å². The van der Waals surface area contributed by atoms with Crippen LogP contribution in [0, 0.1) is 5.92 Å². The van der Waals surface area contributed by atoms with Gasteiger partial charge in [-0.05, 0) is 55.3 Å². The van der Waals surface area contributed by atoms with Gasteiger partial charge in [0.2, 0.25) is 5.13 Å². The van der Waals surface area contributed by atoms with Gasteiger partial charge in [-0.15, -0.1) is 22.0 Å². The molecule has 0 spiro atoms. The minimum Gasteiger partial charge on any atom is -0.339 e. The van der Waals surface area contributed by atoms with Crippen molar-refractivity contribution >= 4 is 55.8 Å². The van der Waals surface area contributed by atoms with Crippen LogP contribution >= 0.6 is 34.7 Å². The summed E-state index contributed by atoms with van der Waals surface area (Å²) in [5, 5.41) is 9.34. The van der Waals surface area contributed by atoms with Crippen LogP contribution in [0.3, 0.4) is 0 Å². The summed E-state index contributed by atoms with van der Waals surface area (Å²) in [5.74, 6) is 0.457. The third-order valence-corrected chi connectivity index (χ3v) is 8.92. The molecule has 174 valence electrons. The number of nitrogens with one attached hydrogen (secondary N) is 1. The number of carbonyl (C=O) groups excluding carboxylic acids is 1. The number of amides is 1. The van der Waals surface area contributed by atoms with Crippen LogP contribution in [-0.4, -0.2) is 48.8 Å². The van der Waals surface area contributed by atoms with Crippen LogP contribution in [-0.2, 0) is 10.0 Å². The van der Waals surface area contributed by atoms with E-state index in [1.165, 1.54) is 23.9 Å². The number of benzene rings is 2. The molecule has 1 saturated heterocycles. The van der Waals surface area contributed by atoms with Crippen molar-refractivity contribution in [2.75, 3.05) is 24.1 Å². The van der Waals surface area contributed by atoms with Gasteiger partial charge in [0.05, 0.1) is 10.5 Å². The average Bonchev–Trinajstić information content (AvgIpc) is 3.26. The Hall–Kier alpha value is -2.14. The summed E-state index contributed by atoms with van der Waals surface area (Å²) in [6, 6.07) is 11.7. The van der Waals surface area contributed by atoms with Gasteiger partial charge >= 0.3 is 0 Å². The van der Waals surface area contributed by atoms with Crippen molar-refractivity contribution in [3.63, 3.8) is 0 Å². The number of carbonyl (C=O) groups is 1. The van der Waals surface area contributed by atoms with Crippen molar-refractivity contribution in [3.05, 3.63) is 53.1 Å². The first-order chi connectivity index (χ1) is 15.8. The molecule has 0 unspecified atom stereocenters. The van der Waals surface area contributed by atoms with E-state index in [1.807, 2.05) is 11.2 Å². The summed E-state index contributed by atoms with van der Waals surface area (Å²) in [5.41, 5.74) is 1.19. The van der Waals surface area contributed by atoms with Gasteiger partial charge in [-0.3, -0.25) is 9.52 Å². The van der Waals surface area contributed by atoms with Gasteiger partial charge in [0.25, 0.3) is 15.9 Å². The Morgan fingerprint density at radius 3 is 2.52 bits per heavy atom. The second-order valence-corrected chi connectivity index (χ2v) is 11.8. The Morgan fingerprint density at radius 1 is 1.15 bits per heavy atom. The fourth-order valence-corrected chi connectivity index (χ4v) is 6.25. The van der Waals surface area contributed by atoms with Crippen molar-refractivity contribution in [2.45, 2.75) is 29.6 Å². The number of likely N-dealkylation sites (tertiary alicyclic amines) is 1. The van der Waals surface area contributed by atoms with Crippen LogP contribution in [0.5, 0.6) is 0 Å². The Morgan fingerprint density at radius 2 is 1.85 bits per heavy atom. The molecule has 3 aromatic rings. The fraction of sp³-hybridized carbons (Fsp3) is 0.318. The zero-order chi connectivity index (χ0) is 23.6. The number of hydrogen-bond acceptors (Lipinski definition) is 7. The lowest BCUT2D eigenvalue weighted by Gasteiger charge is -2.30. The topological polar surface area (TPSA) is 92.3 Å². The predicted molar refractivity (Wildman–Crippen MR) is 134 cm³/mol. The molecule has 0 aliphatic carbocycles. The molecule has 0 saturated carbocycles. The standard InChI is InChI=1S/C22H23ClN4O3S3/c1-14-9-11-27(12-10-14)21(28)18-13-17(7-8-19(18)31-2)33(29,30)26-22-25-24-20(32-22)15-3-5-16(23)6-4-15/h3-8,13-14H,9-12H2,1-2H3,(H,25,26). The summed E-state index contributed by atoms with van der Waals surface area (Å²) < 4.78 is 28.6. The van der Waals surface area contributed by atoms with Crippen molar-refractivity contribution in [1.29, 1.82) is 0 Å². The van der Waals surface area contributed by atoms with Gasteiger partial charge in [0.15, 0.2) is 0 Å². The van der Waals surface area contributed by atoms with E-state index in [0.29, 0.717) is 34.6 Å². The number of nitrogens with zero attached hydrogens (tertiary/aromatic N) is 3. The van der Waals surface area contributed by atoms with Crippen LogP contribution in [0.15, 0.2) is 52.3 Å². The largest absolute Gasteiger partial charge is 0.339 e. The maximum absolute atomic E-state index is 13.2. The summed E-state index contributed by atoms with van der Waals surface area (Å²) in [6.45, 7) is 3.54. The minimum atomic E-state index is -3.95. The molecular formula is C22H23ClN4O3S3.